The number of amides is 1. The van der Waals surface area contributed by atoms with E-state index in [9.17, 15) is 9.18 Å². The Labute approximate surface area is 109 Å². The molecule has 94 valence electrons. The zero-order valence-corrected chi connectivity index (χ0v) is 10.5. The molecule has 0 atom stereocenters. The molecule has 2 aromatic rings. The summed E-state index contributed by atoms with van der Waals surface area (Å²) in [5.74, 6) is -0.545. The molecule has 0 spiro atoms. The molecule has 0 radical (unpaired) electrons. The Kier molecular flexibility index (Phi) is 4.44. The summed E-state index contributed by atoms with van der Waals surface area (Å²) in [7, 11) is 0. The minimum atomic E-state index is -0.362. The molecule has 0 aliphatic rings. The molecule has 0 fully saturated rings. The fourth-order valence-electron chi connectivity index (χ4n) is 1.48. The maximum atomic E-state index is 12.9. The highest BCUT2D eigenvalue weighted by Crippen LogP contribution is 2.09. The lowest BCUT2D eigenvalue weighted by molar-refractivity contribution is -0.115. The first-order valence-corrected chi connectivity index (χ1v) is 6.40. The highest BCUT2D eigenvalue weighted by atomic mass is 32.1. The molecule has 0 aliphatic heterocycles. The van der Waals surface area contributed by atoms with Gasteiger partial charge >= 0.3 is 0 Å². The Morgan fingerprint density at radius 2 is 2.17 bits per heavy atom. The van der Waals surface area contributed by atoms with Crippen molar-refractivity contribution in [3.05, 3.63) is 52.5 Å². The summed E-state index contributed by atoms with van der Waals surface area (Å²) in [5.41, 5.74) is 0.470. The van der Waals surface area contributed by atoms with Gasteiger partial charge in [-0.3, -0.25) is 4.79 Å². The van der Waals surface area contributed by atoms with Gasteiger partial charge in [-0.2, -0.15) is 0 Å². The van der Waals surface area contributed by atoms with Crippen LogP contribution < -0.4 is 10.6 Å². The molecule has 18 heavy (non-hydrogen) atoms. The van der Waals surface area contributed by atoms with Gasteiger partial charge in [0.05, 0.1) is 6.54 Å². The predicted octanol–water partition coefficient (Wildman–Crippen LogP) is 2.62. The molecule has 2 rings (SSSR count). The molecule has 3 nitrogen and oxygen atoms in total. The van der Waals surface area contributed by atoms with Crippen LogP contribution in [0.25, 0.3) is 0 Å². The van der Waals surface area contributed by atoms with E-state index in [4.69, 9.17) is 0 Å². The third kappa shape index (κ3) is 3.94. The van der Waals surface area contributed by atoms with Crippen molar-refractivity contribution in [3.63, 3.8) is 0 Å². The van der Waals surface area contributed by atoms with Crippen LogP contribution in [0.15, 0.2) is 41.8 Å². The number of nitrogens with one attached hydrogen (secondary N) is 2. The largest absolute Gasteiger partial charge is 0.325 e. The van der Waals surface area contributed by atoms with E-state index >= 15 is 0 Å². The van der Waals surface area contributed by atoms with Crippen LogP contribution in [-0.4, -0.2) is 12.5 Å². The first-order chi connectivity index (χ1) is 8.74. The van der Waals surface area contributed by atoms with Crippen molar-refractivity contribution in [2.45, 2.75) is 6.54 Å². The Morgan fingerprint density at radius 3 is 2.89 bits per heavy atom. The molecule has 1 aromatic carbocycles. The summed E-state index contributed by atoms with van der Waals surface area (Å²) >= 11 is 1.64. The summed E-state index contributed by atoms with van der Waals surface area (Å²) in [6, 6.07) is 9.81. The molecule has 0 unspecified atom stereocenters. The van der Waals surface area contributed by atoms with E-state index in [2.05, 4.69) is 10.6 Å². The van der Waals surface area contributed by atoms with Crippen LogP contribution in [0.2, 0.25) is 0 Å². The van der Waals surface area contributed by atoms with Gasteiger partial charge in [0, 0.05) is 17.1 Å². The second-order valence-electron chi connectivity index (χ2n) is 3.74. The number of rotatable bonds is 5. The normalized spacial score (nSPS) is 10.3. The van der Waals surface area contributed by atoms with Crippen molar-refractivity contribution in [1.29, 1.82) is 0 Å². The van der Waals surface area contributed by atoms with Gasteiger partial charge in [-0.15, -0.1) is 11.3 Å². The SMILES string of the molecule is O=C(CNCc1cccs1)Nc1cccc(F)c1. The average molecular weight is 264 g/mol. The van der Waals surface area contributed by atoms with Gasteiger partial charge in [-0.25, -0.2) is 4.39 Å². The van der Waals surface area contributed by atoms with E-state index < -0.39 is 0 Å². The van der Waals surface area contributed by atoms with E-state index in [1.807, 2.05) is 17.5 Å². The van der Waals surface area contributed by atoms with Crippen LogP contribution in [-0.2, 0) is 11.3 Å². The van der Waals surface area contributed by atoms with E-state index in [1.54, 1.807) is 23.5 Å². The van der Waals surface area contributed by atoms with Crippen molar-refractivity contribution < 1.29 is 9.18 Å². The third-order valence-corrected chi connectivity index (χ3v) is 3.15. The molecule has 5 heteroatoms. The summed E-state index contributed by atoms with van der Waals surface area (Å²) in [5, 5.41) is 7.64. The molecule has 0 saturated carbocycles. The average Bonchev–Trinajstić information content (AvgIpc) is 2.82. The fraction of sp³-hybridized carbons (Fsp3) is 0.154. The maximum absolute atomic E-state index is 12.9. The van der Waals surface area contributed by atoms with Crippen molar-refractivity contribution >= 4 is 22.9 Å². The summed E-state index contributed by atoms with van der Waals surface area (Å²) in [4.78, 5) is 12.7. The molecule has 1 amide bonds. The predicted molar refractivity (Wildman–Crippen MR) is 71.1 cm³/mol. The molecule has 2 N–H and O–H groups in total. The molecule has 0 bridgehead atoms. The van der Waals surface area contributed by atoms with Crippen LogP contribution >= 0.6 is 11.3 Å². The highest BCUT2D eigenvalue weighted by Gasteiger charge is 2.02. The smallest absolute Gasteiger partial charge is 0.238 e. The van der Waals surface area contributed by atoms with E-state index in [-0.39, 0.29) is 18.3 Å². The quantitative estimate of drug-likeness (QED) is 0.871. The first kappa shape index (κ1) is 12.7. The second-order valence-corrected chi connectivity index (χ2v) is 4.77. The van der Waals surface area contributed by atoms with E-state index in [0.29, 0.717) is 12.2 Å². The number of hydrogen-bond donors (Lipinski definition) is 2. The van der Waals surface area contributed by atoms with E-state index in [1.165, 1.54) is 17.0 Å². The Morgan fingerprint density at radius 1 is 1.28 bits per heavy atom. The van der Waals surface area contributed by atoms with Gasteiger partial charge in [0.2, 0.25) is 5.91 Å². The van der Waals surface area contributed by atoms with Crippen LogP contribution in [0.3, 0.4) is 0 Å². The minimum absolute atomic E-state index is 0.183. The fourth-order valence-corrected chi connectivity index (χ4v) is 2.16. The summed E-state index contributed by atoms with van der Waals surface area (Å²) in [6.07, 6.45) is 0. The molecule has 1 heterocycles. The van der Waals surface area contributed by atoms with Crippen LogP contribution in [0.5, 0.6) is 0 Å². The molecule has 0 saturated heterocycles. The number of carbonyl (C=O) groups is 1. The highest BCUT2D eigenvalue weighted by molar-refractivity contribution is 7.09. The molecule has 1 aromatic heterocycles. The number of benzene rings is 1. The van der Waals surface area contributed by atoms with Crippen molar-refractivity contribution in [3.8, 4) is 0 Å². The maximum Gasteiger partial charge on any atom is 0.238 e. The van der Waals surface area contributed by atoms with Gasteiger partial charge in [0.15, 0.2) is 0 Å². The zero-order chi connectivity index (χ0) is 12.8. The zero-order valence-electron chi connectivity index (χ0n) is 9.65. The van der Waals surface area contributed by atoms with Gasteiger partial charge in [-0.1, -0.05) is 12.1 Å². The monoisotopic (exact) mass is 264 g/mol. The second kappa shape index (κ2) is 6.28. The topological polar surface area (TPSA) is 41.1 Å². The van der Waals surface area contributed by atoms with Gasteiger partial charge in [0.1, 0.15) is 5.82 Å². The van der Waals surface area contributed by atoms with E-state index in [0.717, 1.165) is 0 Å². The Bertz CT molecular complexity index is 513. The third-order valence-electron chi connectivity index (χ3n) is 2.27. The van der Waals surface area contributed by atoms with Crippen molar-refractivity contribution in [2.24, 2.45) is 0 Å². The number of hydrogen-bond acceptors (Lipinski definition) is 3. The minimum Gasteiger partial charge on any atom is -0.325 e. The van der Waals surface area contributed by atoms with Crippen LogP contribution in [0, 0.1) is 5.82 Å². The number of anilines is 1. The lowest BCUT2D eigenvalue weighted by atomic mass is 10.3. The number of carbonyl (C=O) groups excluding carboxylic acids is 1. The molecule has 0 aliphatic carbocycles. The molecular weight excluding hydrogens is 251 g/mol. The standard InChI is InChI=1S/C13H13FN2OS/c14-10-3-1-4-11(7-10)16-13(17)9-15-8-12-5-2-6-18-12/h1-7,15H,8-9H2,(H,16,17). The number of halogens is 1. The molecular formula is C13H13FN2OS. The van der Waals surface area contributed by atoms with Crippen molar-refractivity contribution in [1.82, 2.24) is 5.32 Å². The van der Waals surface area contributed by atoms with Crippen molar-refractivity contribution in [2.75, 3.05) is 11.9 Å². The Hall–Kier alpha value is -1.72. The van der Waals surface area contributed by atoms with Gasteiger partial charge in [-0.05, 0) is 29.6 Å². The lowest BCUT2D eigenvalue weighted by Crippen LogP contribution is -2.27. The summed E-state index contributed by atoms with van der Waals surface area (Å²) in [6.45, 7) is 0.864. The number of thiophene rings is 1. The first-order valence-electron chi connectivity index (χ1n) is 5.52. The van der Waals surface area contributed by atoms with Crippen LogP contribution in [0.1, 0.15) is 4.88 Å². The Balaban J connectivity index is 1.75. The van der Waals surface area contributed by atoms with Crippen LogP contribution in [0.4, 0.5) is 10.1 Å². The van der Waals surface area contributed by atoms with Gasteiger partial charge in [0.25, 0.3) is 0 Å². The summed E-state index contributed by atoms with van der Waals surface area (Å²) < 4.78 is 12.9. The van der Waals surface area contributed by atoms with Gasteiger partial charge < -0.3 is 10.6 Å². The lowest BCUT2D eigenvalue weighted by Gasteiger charge is -2.06.